The van der Waals surface area contributed by atoms with Gasteiger partial charge in [0.1, 0.15) is 19.8 Å². The molecule has 1 unspecified atom stereocenters. The van der Waals surface area contributed by atoms with E-state index in [4.69, 9.17) is 18.5 Å². The number of quaternary nitrogens is 1. The average molecular weight is 869 g/mol. The van der Waals surface area contributed by atoms with Crippen molar-refractivity contribution in [3.8, 4) is 0 Å². The van der Waals surface area contributed by atoms with Crippen LogP contribution in [0, 0.1) is 0 Å². The number of esters is 2. The number of phosphoric ester groups is 1. The summed E-state index contributed by atoms with van der Waals surface area (Å²) in [6.45, 7) is 4.40. The molecule has 0 spiro atoms. The molecule has 0 aliphatic rings. The van der Waals surface area contributed by atoms with Crippen LogP contribution in [0.15, 0.2) is 36.5 Å². The largest absolute Gasteiger partial charge is 0.472 e. The first-order chi connectivity index (χ1) is 29.0. The summed E-state index contributed by atoms with van der Waals surface area (Å²) in [5.74, 6) is -0.812. The van der Waals surface area contributed by atoms with E-state index in [2.05, 4.69) is 50.3 Å². The van der Waals surface area contributed by atoms with Gasteiger partial charge in [-0.1, -0.05) is 179 Å². The molecular formula is C50H95NO8P+. The maximum Gasteiger partial charge on any atom is 0.472 e. The molecule has 0 aromatic heterocycles. The molecule has 352 valence electrons. The Morgan fingerprint density at radius 1 is 0.517 bits per heavy atom. The Bertz CT molecular complexity index is 1120. The molecule has 0 aromatic carbocycles. The Hall–Kier alpha value is -1.77. The van der Waals surface area contributed by atoms with Crippen LogP contribution in [0.2, 0.25) is 0 Å². The van der Waals surface area contributed by atoms with Crippen molar-refractivity contribution in [1.82, 2.24) is 0 Å². The molecule has 2 atom stereocenters. The highest BCUT2D eigenvalue weighted by molar-refractivity contribution is 7.47. The fourth-order valence-corrected chi connectivity index (χ4v) is 7.51. The number of unbranched alkanes of at least 4 members (excludes halogenated alkanes) is 26. The summed E-state index contributed by atoms with van der Waals surface area (Å²) in [6, 6.07) is 0. The van der Waals surface area contributed by atoms with Crippen LogP contribution in [0.4, 0.5) is 0 Å². The molecule has 0 bridgehead atoms. The summed E-state index contributed by atoms with van der Waals surface area (Å²) < 4.78 is 34.4. The Morgan fingerprint density at radius 2 is 0.900 bits per heavy atom. The number of rotatable bonds is 45. The normalized spacial score (nSPS) is 13.8. The van der Waals surface area contributed by atoms with Gasteiger partial charge in [0, 0.05) is 12.8 Å². The van der Waals surface area contributed by atoms with Crippen LogP contribution >= 0.6 is 7.82 Å². The minimum atomic E-state index is -4.38. The van der Waals surface area contributed by atoms with Gasteiger partial charge in [-0.2, -0.15) is 0 Å². The number of allylic oxidation sites excluding steroid dienone is 6. The molecule has 0 aromatic rings. The number of carbonyl (C=O) groups excluding carboxylic acids is 2. The molecule has 0 saturated carbocycles. The van der Waals surface area contributed by atoms with Gasteiger partial charge < -0.3 is 18.9 Å². The molecule has 0 heterocycles. The van der Waals surface area contributed by atoms with Gasteiger partial charge in [0.25, 0.3) is 0 Å². The molecule has 9 nitrogen and oxygen atoms in total. The lowest BCUT2D eigenvalue weighted by molar-refractivity contribution is -0.870. The molecule has 0 fully saturated rings. The zero-order valence-corrected chi connectivity index (χ0v) is 40.6. The van der Waals surface area contributed by atoms with E-state index in [9.17, 15) is 19.0 Å². The first-order valence-corrected chi connectivity index (χ1v) is 26.2. The summed E-state index contributed by atoms with van der Waals surface area (Å²) >= 11 is 0. The van der Waals surface area contributed by atoms with Gasteiger partial charge in [-0.05, 0) is 64.2 Å². The predicted octanol–water partition coefficient (Wildman–Crippen LogP) is 14.5. The fourth-order valence-electron chi connectivity index (χ4n) is 6.76. The van der Waals surface area contributed by atoms with Crippen LogP contribution < -0.4 is 0 Å². The smallest absolute Gasteiger partial charge is 0.462 e. The number of hydrogen-bond donors (Lipinski definition) is 1. The molecule has 0 aliphatic heterocycles. The van der Waals surface area contributed by atoms with Crippen LogP contribution in [-0.2, 0) is 32.7 Å². The molecule has 10 heteroatoms. The number of carbonyl (C=O) groups is 2. The molecule has 0 rings (SSSR count). The van der Waals surface area contributed by atoms with Gasteiger partial charge in [-0.25, -0.2) is 4.57 Å². The van der Waals surface area contributed by atoms with E-state index in [1.165, 1.54) is 128 Å². The summed E-state index contributed by atoms with van der Waals surface area (Å²) in [5.41, 5.74) is 0. The lowest BCUT2D eigenvalue weighted by Gasteiger charge is -2.24. The fraction of sp³-hybridized carbons (Fsp3) is 0.840. The average Bonchev–Trinajstić information content (AvgIpc) is 3.20. The van der Waals surface area contributed by atoms with Crippen molar-refractivity contribution >= 4 is 19.8 Å². The van der Waals surface area contributed by atoms with Crippen molar-refractivity contribution in [2.75, 3.05) is 47.5 Å². The number of ether oxygens (including phenoxy) is 2. The van der Waals surface area contributed by atoms with Crippen molar-refractivity contribution in [2.45, 2.75) is 225 Å². The summed E-state index contributed by atoms with van der Waals surface area (Å²) in [7, 11) is 1.47. The van der Waals surface area contributed by atoms with Crippen LogP contribution in [0.5, 0.6) is 0 Å². The van der Waals surface area contributed by atoms with E-state index in [0.717, 1.165) is 57.8 Å². The van der Waals surface area contributed by atoms with Gasteiger partial charge in [-0.3, -0.25) is 18.6 Å². The number of hydrogen-bond acceptors (Lipinski definition) is 7. The molecule has 0 radical (unpaired) electrons. The Labute approximate surface area is 370 Å². The lowest BCUT2D eigenvalue weighted by Crippen LogP contribution is -2.37. The second-order valence-corrected chi connectivity index (χ2v) is 19.3. The number of nitrogens with zero attached hydrogens (tertiary/aromatic N) is 1. The zero-order chi connectivity index (χ0) is 44.3. The van der Waals surface area contributed by atoms with Gasteiger partial charge in [0.2, 0.25) is 0 Å². The molecule has 0 aliphatic carbocycles. The molecule has 60 heavy (non-hydrogen) atoms. The monoisotopic (exact) mass is 869 g/mol. The van der Waals surface area contributed by atoms with E-state index in [1.54, 1.807) is 0 Å². The summed E-state index contributed by atoms with van der Waals surface area (Å²) in [5, 5.41) is 0. The minimum Gasteiger partial charge on any atom is -0.462 e. The third kappa shape index (κ3) is 45.7. The topological polar surface area (TPSA) is 108 Å². The van der Waals surface area contributed by atoms with Crippen molar-refractivity contribution in [2.24, 2.45) is 0 Å². The number of likely N-dealkylation sites (N-methyl/N-ethyl adjacent to an activating group) is 1. The van der Waals surface area contributed by atoms with E-state index < -0.39 is 26.5 Å². The molecule has 0 saturated heterocycles. The van der Waals surface area contributed by atoms with Crippen molar-refractivity contribution < 1.29 is 42.1 Å². The van der Waals surface area contributed by atoms with Crippen LogP contribution in [0.3, 0.4) is 0 Å². The molecule has 0 amide bonds. The third-order valence-electron chi connectivity index (χ3n) is 10.7. The summed E-state index contributed by atoms with van der Waals surface area (Å²) in [4.78, 5) is 35.5. The summed E-state index contributed by atoms with van der Waals surface area (Å²) in [6.07, 6.45) is 49.1. The first kappa shape index (κ1) is 58.2. The van der Waals surface area contributed by atoms with Gasteiger partial charge >= 0.3 is 19.8 Å². The van der Waals surface area contributed by atoms with Gasteiger partial charge in [0.05, 0.1) is 27.7 Å². The second-order valence-electron chi connectivity index (χ2n) is 17.9. The maximum absolute atomic E-state index is 12.7. The standard InChI is InChI=1S/C50H94NO8P/c1-6-8-10-12-14-16-18-20-22-23-24-25-26-27-29-30-32-34-36-38-40-42-49(52)56-46-48(47-58-60(54,55)57-45-44-51(3,4)5)59-50(53)43-41-39-37-35-33-31-28-21-19-17-15-13-11-9-7-2/h17,19-22,28,48H,6-16,18,23-27,29-47H2,1-5H3/p+1/b19-17+,22-20+,28-21+/t48-/m0/s1. The number of phosphoric acid groups is 1. The lowest BCUT2D eigenvalue weighted by atomic mass is 10.0. The highest BCUT2D eigenvalue weighted by atomic mass is 31.2. The Kier molecular flexibility index (Phi) is 41.3. The van der Waals surface area contributed by atoms with E-state index in [1.807, 2.05) is 21.1 Å². The third-order valence-corrected chi connectivity index (χ3v) is 11.7. The quantitative estimate of drug-likeness (QED) is 0.0161. The maximum atomic E-state index is 12.7. The van der Waals surface area contributed by atoms with Crippen molar-refractivity contribution in [1.29, 1.82) is 0 Å². The highest BCUT2D eigenvalue weighted by Gasteiger charge is 2.27. The van der Waals surface area contributed by atoms with Crippen LogP contribution in [0.25, 0.3) is 0 Å². The Balaban J connectivity index is 4.26. The van der Waals surface area contributed by atoms with Crippen molar-refractivity contribution in [3.63, 3.8) is 0 Å². The van der Waals surface area contributed by atoms with Crippen molar-refractivity contribution in [3.05, 3.63) is 36.5 Å². The minimum absolute atomic E-state index is 0.0287. The Morgan fingerprint density at radius 3 is 1.35 bits per heavy atom. The highest BCUT2D eigenvalue weighted by Crippen LogP contribution is 2.43. The van der Waals surface area contributed by atoms with Crippen LogP contribution in [-0.4, -0.2) is 74.9 Å². The van der Waals surface area contributed by atoms with E-state index in [0.29, 0.717) is 17.4 Å². The van der Waals surface area contributed by atoms with E-state index >= 15 is 0 Å². The molecular weight excluding hydrogens is 774 g/mol. The van der Waals surface area contributed by atoms with Crippen LogP contribution in [0.1, 0.15) is 219 Å². The second kappa shape index (κ2) is 42.5. The van der Waals surface area contributed by atoms with Gasteiger partial charge in [-0.15, -0.1) is 0 Å². The zero-order valence-electron chi connectivity index (χ0n) is 39.7. The van der Waals surface area contributed by atoms with E-state index in [-0.39, 0.29) is 32.0 Å². The SMILES string of the molecule is CCCCCC/C=C/C=C/CCCCCCCC(=O)O[C@@H](COC(=O)CCCCCCCCCCCCC/C=C/CCCCCCCC)COP(=O)(O)OCC[N+](C)(C)C. The van der Waals surface area contributed by atoms with Gasteiger partial charge in [0.15, 0.2) is 6.10 Å². The molecule has 1 N–H and O–H groups in total. The first-order valence-electron chi connectivity index (χ1n) is 24.7. The predicted molar refractivity (Wildman–Crippen MR) is 252 cm³/mol.